The number of nitrogens with one attached hydrogen (secondary N) is 1. The molecule has 0 bridgehead atoms. The number of carbonyl (C=O) groups excluding carboxylic acids is 1. The summed E-state index contributed by atoms with van der Waals surface area (Å²) in [5.41, 5.74) is 1.48. The van der Waals surface area contributed by atoms with E-state index in [1.165, 1.54) is 19.0 Å². The van der Waals surface area contributed by atoms with Crippen LogP contribution in [0.2, 0.25) is 0 Å². The number of nitrogens with zero attached hydrogens (tertiary/aromatic N) is 6. The van der Waals surface area contributed by atoms with Crippen LogP contribution in [-0.2, 0) is 0 Å². The fourth-order valence-electron chi connectivity index (χ4n) is 2.13. The van der Waals surface area contributed by atoms with E-state index in [-0.39, 0.29) is 11.7 Å². The minimum Gasteiger partial charge on any atom is -0.304 e. The zero-order chi connectivity index (χ0) is 15.2. The molecule has 2 heterocycles. The van der Waals surface area contributed by atoms with Crippen LogP contribution >= 0.6 is 0 Å². The molecule has 1 aromatic carbocycles. The highest BCUT2D eigenvalue weighted by molar-refractivity contribution is 6.03. The van der Waals surface area contributed by atoms with Crippen LogP contribution in [-0.4, -0.2) is 50.8 Å². The summed E-state index contributed by atoms with van der Waals surface area (Å²) in [6, 6.07) is 7.18. The summed E-state index contributed by atoms with van der Waals surface area (Å²) in [7, 11) is 0. The van der Waals surface area contributed by atoms with E-state index in [9.17, 15) is 4.79 Å². The topological polar surface area (TPSA) is 96.3 Å². The van der Waals surface area contributed by atoms with E-state index in [1.807, 2.05) is 18.3 Å². The first kappa shape index (κ1) is 14.1. The molecule has 112 valence electrons. The predicted molar refractivity (Wildman–Crippen MR) is 80.4 cm³/mol. The molecule has 1 N–H and O–H groups in total. The van der Waals surface area contributed by atoms with E-state index < -0.39 is 0 Å². The van der Waals surface area contributed by atoms with Crippen molar-refractivity contribution in [3.63, 3.8) is 0 Å². The Hall–Kier alpha value is -2.90. The number of hydrazone groups is 1. The van der Waals surface area contributed by atoms with E-state index >= 15 is 0 Å². The average Bonchev–Trinajstić information content (AvgIpc) is 3.08. The molecule has 1 aliphatic rings. The highest BCUT2D eigenvalue weighted by atomic mass is 16.1. The van der Waals surface area contributed by atoms with Gasteiger partial charge in [-0.15, -0.1) is 10.2 Å². The number of rotatable bonds is 4. The van der Waals surface area contributed by atoms with Gasteiger partial charge in [-0.25, -0.2) is 0 Å². The molecule has 1 aromatic heterocycles. The van der Waals surface area contributed by atoms with E-state index in [0.29, 0.717) is 5.56 Å². The average molecular weight is 297 g/mol. The van der Waals surface area contributed by atoms with E-state index in [4.69, 9.17) is 0 Å². The molecule has 8 nitrogen and oxygen atoms in total. The Morgan fingerprint density at radius 3 is 2.64 bits per heavy atom. The fraction of sp³-hybridized carbons (Fsp3) is 0.286. The molecule has 0 aliphatic carbocycles. The van der Waals surface area contributed by atoms with Crippen molar-refractivity contribution in [1.82, 2.24) is 25.6 Å². The fourth-order valence-corrected chi connectivity index (χ4v) is 2.13. The Morgan fingerprint density at radius 1 is 1.18 bits per heavy atom. The number of amides is 1. The Balaban J connectivity index is 1.62. The van der Waals surface area contributed by atoms with Gasteiger partial charge in [0, 0.05) is 18.7 Å². The molecular formula is C14H15N7O. The molecule has 0 saturated carbocycles. The first-order chi connectivity index (χ1) is 10.8. The van der Waals surface area contributed by atoms with Gasteiger partial charge in [0.05, 0.1) is 12.4 Å². The van der Waals surface area contributed by atoms with Gasteiger partial charge in [-0.1, -0.05) is 12.1 Å². The van der Waals surface area contributed by atoms with Gasteiger partial charge >= 0.3 is 0 Å². The van der Waals surface area contributed by atoms with Gasteiger partial charge in [0.25, 0.3) is 5.91 Å². The van der Waals surface area contributed by atoms with Crippen molar-refractivity contribution in [3.05, 3.63) is 41.6 Å². The maximum absolute atomic E-state index is 12.0. The number of benzene rings is 1. The van der Waals surface area contributed by atoms with Crippen molar-refractivity contribution in [3.8, 4) is 0 Å². The van der Waals surface area contributed by atoms with Crippen LogP contribution in [0.3, 0.4) is 0 Å². The molecular weight excluding hydrogens is 282 g/mol. The van der Waals surface area contributed by atoms with E-state index in [2.05, 4.69) is 36.1 Å². The van der Waals surface area contributed by atoms with Gasteiger partial charge in [-0.2, -0.15) is 5.10 Å². The molecule has 0 radical (unpaired) electrons. The smallest absolute Gasteiger partial charge is 0.256 e. The van der Waals surface area contributed by atoms with E-state index in [1.54, 1.807) is 12.1 Å². The third-order valence-electron chi connectivity index (χ3n) is 3.29. The van der Waals surface area contributed by atoms with Crippen LogP contribution in [0.15, 0.2) is 35.6 Å². The highest BCUT2D eigenvalue weighted by Crippen LogP contribution is 2.09. The Morgan fingerprint density at radius 2 is 1.95 bits per heavy atom. The summed E-state index contributed by atoms with van der Waals surface area (Å²) < 4.78 is 0. The summed E-state index contributed by atoms with van der Waals surface area (Å²) in [5, 5.41) is 22.9. The first-order valence-electron chi connectivity index (χ1n) is 7.03. The van der Waals surface area contributed by atoms with Gasteiger partial charge in [0.2, 0.25) is 0 Å². The van der Waals surface area contributed by atoms with Gasteiger partial charge in [0.15, 0.2) is 5.82 Å². The quantitative estimate of drug-likeness (QED) is 0.844. The van der Waals surface area contributed by atoms with Crippen molar-refractivity contribution in [1.29, 1.82) is 0 Å². The second-order valence-corrected chi connectivity index (χ2v) is 4.89. The van der Waals surface area contributed by atoms with Crippen LogP contribution in [0.1, 0.15) is 28.8 Å². The summed E-state index contributed by atoms with van der Waals surface area (Å²) in [6.07, 6.45) is 5.54. The summed E-state index contributed by atoms with van der Waals surface area (Å²) in [4.78, 5) is 12.0. The number of carbonyl (C=O) groups is 1. The third kappa shape index (κ3) is 3.60. The molecule has 1 aliphatic heterocycles. The predicted octanol–water partition coefficient (Wildman–Crippen LogP) is 0.949. The number of hydrogen-bond acceptors (Lipinski definition) is 7. The molecule has 3 rings (SSSR count). The molecule has 1 fully saturated rings. The molecule has 0 spiro atoms. The van der Waals surface area contributed by atoms with Crippen LogP contribution in [0.5, 0.6) is 0 Å². The van der Waals surface area contributed by atoms with Gasteiger partial charge in [0.1, 0.15) is 0 Å². The Kier molecular flexibility index (Phi) is 4.28. The van der Waals surface area contributed by atoms with Crippen LogP contribution < -0.4 is 5.32 Å². The Bertz CT molecular complexity index is 651. The maximum Gasteiger partial charge on any atom is 0.256 e. The molecule has 0 atom stereocenters. The molecule has 1 amide bonds. The summed E-state index contributed by atoms with van der Waals surface area (Å²) >= 11 is 0. The van der Waals surface area contributed by atoms with Crippen molar-refractivity contribution >= 4 is 17.9 Å². The lowest BCUT2D eigenvalue weighted by Crippen LogP contribution is -2.14. The van der Waals surface area contributed by atoms with Crippen LogP contribution in [0.4, 0.5) is 5.82 Å². The lowest BCUT2D eigenvalue weighted by atomic mass is 10.1. The minimum atomic E-state index is -0.273. The minimum absolute atomic E-state index is 0.264. The van der Waals surface area contributed by atoms with E-state index in [0.717, 1.165) is 18.7 Å². The summed E-state index contributed by atoms with van der Waals surface area (Å²) in [6.45, 7) is 2.02. The monoisotopic (exact) mass is 297 g/mol. The second kappa shape index (κ2) is 6.70. The largest absolute Gasteiger partial charge is 0.304 e. The van der Waals surface area contributed by atoms with Gasteiger partial charge < -0.3 is 5.32 Å². The maximum atomic E-state index is 12.0. The molecule has 2 aromatic rings. The highest BCUT2D eigenvalue weighted by Gasteiger charge is 2.08. The van der Waals surface area contributed by atoms with Crippen molar-refractivity contribution in [2.45, 2.75) is 12.8 Å². The number of hydrogen-bond donors (Lipinski definition) is 1. The standard InChI is InChI=1S/C14H15N7O/c22-14(17-13-10-15-19-20-18-13)12-5-3-11(4-6-12)9-16-21-7-1-2-8-21/h3-6,9-10H,1-2,7-8H2,(H,17,18,19,22). The molecule has 0 unspecified atom stereocenters. The van der Waals surface area contributed by atoms with Crippen molar-refractivity contribution < 1.29 is 4.79 Å². The second-order valence-electron chi connectivity index (χ2n) is 4.89. The number of aromatic nitrogens is 4. The van der Waals surface area contributed by atoms with Crippen molar-refractivity contribution in [2.24, 2.45) is 5.10 Å². The lowest BCUT2D eigenvalue weighted by molar-refractivity contribution is 0.102. The number of anilines is 1. The first-order valence-corrected chi connectivity index (χ1v) is 7.03. The normalized spacial score (nSPS) is 14.5. The van der Waals surface area contributed by atoms with Gasteiger partial charge in [-0.05, 0) is 41.0 Å². The molecule has 8 heteroatoms. The van der Waals surface area contributed by atoms with Crippen LogP contribution in [0.25, 0.3) is 0 Å². The van der Waals surface area contributed by atoms with Crippen molar-refractivity contribution in [2.75, 3.05) is 18.4 Å². The molecule has 22 heavy (non-hydrogen) atoms. The Labute approximate surface area is 127 Å². The zero-order valence-corrected chi connectivity index (χ0v) is 11.9. The molecule has 1 saturated heterocycles. The van der Waals surface area contributed by atoms with Gasteiger partial charge in [-0.3, -0.25) is 9.80 Å². The SMILES string of the molecule is O=C(Nc1cnnnn1)c1ccc(C=NN2CCCC2)cc1. The third-order valence-corrected chi connectivity index (χ3v) is 3.29. The lowest BCUT2D eigenvalue weighted by Gasteiger charge is -2.08. The van der Waals surface area contributed by atoms with Crippen LogP contribution in [0, 0.1) is 0 Å². The zero-order valence-electron chi connectivity index (χ0n) is 11.9. The summed E-state index contributed by atoms with van der Waals surface area (Å²) in [5.74, 6) is -0.00926.